The molecule has 1 aliphatic heterocycles. The zero-order valence-electron chi connectivity index (χ0n) is 16.9. The van der Waals surface area contributed by atoms with E-state index in [0.29, 0.717) is 31.3 Å². The van der Waals surface area contributed by atoms with Crippen molar-refractivity contribution in [2.75, 3.05) is 19.8 Å². The summed E-state index contributed by atoms with van der Waals surface area (Å²) >= 11 is 0. The Labute approximate surface area is 174 Å². The third kappa shape index (κ3) is 5.01. The Morgan fingerprint density at radius 1 is 1.20 bits per heavy atom. The van der Waals surface area contributed by atoms with Gasteiger partial charge in [-0.25, -0.2) is 4.63 Å². The van der Waals surface area contributed by atoms with Gasteiger partial charge in [0.1, 0.15) is 11.4 Å². The van der Waals surface area contributed by atoms with Crippen LogP contribution in [-0.2, 0) is 17.8 Å². The van der Waals surface area contributed by atoms with E-state index in [4.69, 9.17) is 14.1 Å². The van der Waals surface area contributed by atoms with Crippen LogP contribution in [0.2, 0.25) is 0 Å². The highest BCUT2D eigenvalue weighted by atomic mass is 16.6. The topological polar surface area (TPSA) is 90.6 Å². The summed E-state index contributed by atoms with van der Waals surface area (Å²) in [6.45, 7) is 4.60. The molecule has 8 nitrogen and oxygen atoms in total. The lowest BCUT2D eigenvalue weighted by atomic mass is 10.1. The number of aromatic nitrogens is 3. The number of carbonyl (C=O) groups excluding carboxylic acids is 1. The van der Waals surface area contributed by atoms with Crippen molar-refractivity contribution in [2.24, 2.45) is 5.92 Å². The summed E-state index contributed by atoms with van der Waals surface area (Å²) in [4.78, 5) is 19.1. The predicted octanol–water partition coefficient (Wildman–Crippen LogP) is 3.03. The van der Waals surface area contributed by atoms with Crippen LogP contribution in [0.5, 0.6) is 5.75 Å². The third-order valence-electron chi connectivity index (χ3n) is 5.00. The van der Waals surface area contributed by atoms with E-state index in [1.165, 1.54) is 0 Å². The summed E-state index contributed by atoms with van der Waals surface area (Å²) in [6.07, 6.45) is 2.74. The average molecular weight is 408 g/mol. The molecule has 1 fully saturated rings. The van der Waals surface area contributed by atoms with Gasteiger partial charge in [0.05, 0.1) is 25.5 Å². The lowest BCUT2D eigenvalue weighted by Crippen LogP contribution is -2.31. The van der Waals surface area contributed by atoms with Gasteiger partial charge in [-0.05, 0) is 48.3 Å². The number of hydrogen-bond acceptors (Lipinski definition) is 7. The van der Waals surface area contributed by atoms with Gasteiger partial charge in [0.2, 0.25) is 0 Å². The minimum atomic E-state index is -0.256. The molecule has 1 aliphatic rings. The summed E-state index contributed by atoms with van der Waals surface area (Å²) in [6, 6.07) is 13.4. The fourth-order valence-electron chi connectivity index (χ4n) is 3.34. The van der Waals surface area contributed by atoms with Crippen LogP contribution in [0.4, 0.5) is 0 Å². The van der Waals surface area contributed by atoms with Crippen LogP contribution in [0.3, 0.4) is 0 Å². The van der Waals surface area contributed by atoms with Crippen LogP contribution in [0, 0.1) is 12.8 Å². The molecule has 3 heterocycles. The Morgan fingerprint density at radius 3 is 2.87 bits per heavy atom. The lowest BCUT2D eigenvalue weighted by Gasteiger charge is -2.22. The summed E-state index contributed by atoms with van der Waals surface area (Å²) < 4.78 is 16.1. The van der Waals surface area contributed by atoms with Crippen LogP contribution in [-0.4, -0.2) is 45.9 Å². The lowest BCUT2D eigenvalue weighted by molar-refractivity contribution is 0.0715. The van der Waals surface area contributed by atoms with E-state index in [-0.39, 0.29) is 11.6 Å². The van der Waals surface area contributed by atoms with Crippen molar-refractivity contribution in [3.8, 4) is 5.75 Å². The molecule has 8 heteroatoms. The first-order valence-electron chi connectivity index (χ1n) is 9.97. The molecule has 2 aromatic heterocycles. The van der Waals surface area contributed by atoms with Crippen LogP contribution in [0.1, 0.15) is 33.9 Å². The maximum Gasteiger partial charge on any atom is 0.278 e. The average Bonchev–Trinajstić information content (AvgIpc) is 3.44. The summed E-state index contributed by atoms with van der Waals surface area (Å²) in [5.74, 6) is 0.955. The Morgan fingerprint density at radius 2 is 2.13 bits per heavy atom. The molecule has 1 atom stereocenters. The van der Waals surface area contributed by atoms with E-state index in [0.717, 1.165) is 36.6 Å². The number of aryl methyl sites for hydroxylation is 1. The fourth-order valence-corrected chi connectivity index (χ4v) is 3.34. The normalized spacial score (nSPS) is 15.8. The second-order valence-electron chi connectivity index (χ2n) is 7.37. The first kappa shape index (κ1) is 20.0. The number of carbonyl (C=O) groups is 1. The molecule has 1 saturated heterocycles. The Hall–Kier alpha value is -3.26. The first-order chi connectivity index (χ1) is 14.7. The van der Waals surface area contributed by atoms with Crippen molar-refractivity contribution in [3.05, 3.63) is 71.3 Å². The zero-order valence-corrected chi connectivity index (χ0v) is 16.9. The molecule has 0 radical (unpaired) electrons. The molecule has 0 spiro atoms. The van der Waals surface area contributed by atoms with E-state index >= 15 is 0 Å². The number of nitrogens with zero attached hydrogens (tertiary/aromatic N) is 4. The molecule has 0 unspecified atom stereocenters. The molecule has 4 rings (SSSR count). The largest absolute Gasteiger partial charge is 0.493 e. The Bertz CT molecular complexity index is 970. The SMILES string of the molecule is Cc1nonc1C(=O)N(Cc1cccc(OC[C@H]2CCOC2)c1)Cc1ccccn1. The molecule has 0 aliphatic carbocycles. The molecular weight excluding hydrogens is 384 g/mol. The van der Waals surface area contributed by atoms with Gasteiger partial charge in [-0.15, -0.1) is 0 Å². The van der Waals surface area contributed by atoms with E-state index in [9.17, 15) is 4.79 Å². The van der Waals surface area contributed by atoms with Crippen molar-refractivity contribution >= 4 is 5.91 Å². The molecule has 156 valence electrons. The van der Waals surface area contributed by atoms with E-state index in [1.54, 1.807) is 18.0 Å². The Balaban J connectivity index is 1.50. The van der Waals surface area contributed by atoms with Gasteiger partial charge in [0.15, 0.2) is 5.69 Å². The van der Waals surface area contributed by atoms with Crippen LogP contribution < -0.4 is 4.74 Å². The summed E-state index contributed by atoms with van der Waals surface area (Å²) in [7, 11) is 0. The van der Waals surface area contributed by atoms with Crippen LogP contribution in [0.25, 0.3) is 0 Å². The second kappa shape index (κ2) is 9.49. The highest BCUT2D eigenvalue weighted by Gasteiger charge is 2.23. The van der Waals surface area contributed by atoms with E-state index in [1.807, 2.05) is 42.5 Å². The molecule has 30 heavy (non-hydrogen) atoms. The van der Waals surface area contributed by atoms with Gasteiger partial charge >= 0.3 is 0 Å². The zero-order chi connectivity index (χ0) is 20.8. The highest BCUT2D eigenvalue weighted by Crippen LogP contribution is 2.20. The van der Waals surface area contributed by atoms with Crippen molar-refractivity contribution in [2.45, 2.75) is 26.4 Å². The van der Waals surface area contributed by atoms with Gasteiger partial charge < -0.3 is 14.4 Å². The number of benzene rings is 1. The predicted molar refractivity (Wildman–Crippen MR) is 108 cm³/mol. The van der Waals surface area contributed by atoms with Crippen LogP contribution >= 0.6 is 0 Å². The molecule has 1 aromatic carbocycles. The molecule has 0 bridgehead atoms. The summed E-state index contributed by atoms with van der Waals surface area (Å²) in [5, 5.41) is 7.51. The van der Waals surface area contributed by atoms with Gasteiger partial charge in [-0.1, -0.05) is 23.4 Å². The van der Waals surface area contributed by atoms with Crippen molar-refractivity contribution in [1.82, 2.24) is 20.2 Å². The maximum atomic E-state index is 13.1. The molecule has 1 amide bonds. The van der Waals surface area contributed by atoms with Gasteiger partial charge in [0.25, 0.3) is 5.91 Å². The molecule has 0 saturated carbocycles. The smallest absolute Gasteiger partial charge is 0.278 e. The number of amides is 1. The third-order valence-corrected chi connectivity index (χ3v) is 5.00. The summed E-state index contributed by atoms with van der Waals surface area (Å²) in [5.41, 5.74) is 2.41. The second-order valence-corrected chi connectivity index (χ2v) is 7.37. The highest BCUT2D eigenvalue weighted by molar-refractivity contribution is 5.93. The van der Waals surface area contributed by atoms with Gasteiger partial charge in [-0.3, -0.25) is 9.78 Å². The standard InChI is InChI=1S/C22H24N4O4/c1-16-21(25-30-24-16)22(27)26(13-19-6-2-3-9-23-19)12-17-5-4-7-20(11-17)29-15-18-8-10-28-14-18/h2-7,9,11,18H,8,10,12-15H2,1H3/t18-/m0/s1. The van der Waals surface area contributed by atoms with E-state index < -0.39 is 0 Å². The molecule has 0 N–H and O–H groups in total. The van der Waals surface area contributed by atoms with Crippen LogP contribution in [0.15, 0.2) is 53.3 Å². The maximum absolute atomic E-state index is 13.1. The minimum Gasteiger partial charge on any atom is -0.493 e. The first-order valence-corrected chi connectivity index (χ1v) is 9.97. The number of pyridine rings is 1. The molecule has 3 aromatic rings. The number of ether oxygens (including phenoxy) is 2. The number of hydrogen-bond donors (Lipinski definition) is 0. The van der Waals surface area contributed by atoms with E-state index in [2.05, 4.69) is 15.3 Å². The number of rotatable bonds is 8. The van der Waals surface area contributed by atoms with Gasteiger partial charge in [-0.2, -0.15) is 0 Å². The fraction of sp³-hybridized carbons (Fsp3) is 0.364. The monoisotopic (exact) mass is 408 g/mol. The van der Waals surface area contributed by atoms with Crippen molar-refractivity contribution in [1.29, 1.82) is 0 Å². The van der Waals surface area contributed by atoms with Crippen molar-refractivity contribution < 1.29 is 18.9 Å². The minimum absolute atomic E-state index is 0.208. The Kier molecular flexibility index (Phi) is 6.34. The van der Waals surface area contributed by atoms with Gasteiger partial charge in [0, 0.05) is 25.3 Å². The molecular formula is C22H24N4O4. The quantitative estimate of drug-likeness (QED) is 0.566. The van der Waals surface area contributed by atoms with Crippen molar-refractivity contribution in [3.63, 3.8) is 0 Å².